The summed E-state index contributed by atoms with van der Waals surface area (Å²) in [7, 11) is 0. The van der Waals surface area contributed by atoms with Crippen LogP contribution in [0, 0.1) is 0 Å². The second kappa shape index (κ2) is 7.35. The van der Waals surface area contributed by atoms with Crippen molar-refractivity contribution in [2.45, 2.75) is 11.3 Å². The molecular formula is C13H14BrN3OS. The highest BCUT2D eigenvalue weighted by atomic mass is 79.9. The topological polar surface area (TPSA) is 57.8 Å². The third kappa shape index (κ3) is 5.08. The molecule has 1 aromatic heterocycles. The van der Waals surface area contributed by atoms with E-state index in [4.69, 9.17) is 0 Å². The van der Waals surface area contributed by atoms with Crippen molar-refractivity contribution in [3.63, 3.8) is 0 Å². The third-order valence-corrected chi connectivity index (χ3v) is 4.00. The summed E-state index contributed by atoms with van der Waals surface area (Å²) < 4.78 is 1.04. The first-order chi connectivity index (χ1) is 9.24. The van der Waals surface area contributed by atoms with Crippen LogP contribution in [-0.4, -0.2) is 28.2 Å². The minimum absolute atomic E-state index is 0.0486. The molecule has 0 spiro atoms. The van der Waals surface area contributed by atoms with Gasteiger partial charge in [-0.15, -0.1) is 11.8 Å². The Labute approximate surface area is 124 Å². The van der Waals surface area contributed by atoms with Crippen molar-refractivity contribution >= 4 is 33.6 Å². The highest BCUT2D eigenvalue weighted by Gasteiger charge is 2.03. The maximum absolute atomic E-state index is 11.6. The summed E-state index contributed by atoms with van der Waals surface area (Å²) in [5, 5.41) is 2.89. The zero-order valence-corrected chi connectivity index (χ0v) is 12.6. The second-order valence-corrected chi connectivity index (χ2v) is 5.88. The quantitative estimate of drug-likeness (QED) is 0.795. The van der Waals surface area contributed by atoms with E-state index in [-0.39, 0.29) is 5.91 Å². The predicted molar refractivity (Wildman–Crippen MR) is 80.2 cm³/mol. The number of aromatic nitrogens is 2. The summed E-state index contributed by atoms with van der Waals surface area (Å²) in [6.07, 6.45) is 4.18. The SMILES string of the molecule is O=C(CSc1ccc(Br)cc1)NCCc1cnc[nH]1. The Morgan fingerprint density at radius 2 is 2.16 bits per heavy atom. The Balaban J connectivity index is 1.65. The lowest BCUT2D eigenvalue weighted by atomic mass is 10.3. The van der Waals surface area contributed by atoms with Crippen LogP contribution in [0.15, 0.2) is 46.2 Å². The zero-order valence-electron chi connectivity index (χ0n) is 10.2. The fourth-order valence-corrected chi connectivity index (χ4v) is 2.48. The fraction of sp³-hybridized carbons (Fsp3) is 0.231. The molecule has 0 aliphatic rings. The van der Waals surface area contributed by atoms with Gasteiger partial charge in [0, 0.05) is 34.2 Å². The Bertz CT molecular complexity index is 513. The maximum atomic E-state index is 11.6. The zero-order chi connectivity index (χ0) is 13.5. The van der Waals surface area contributed by atoms with Gasteiger partial charge >= 0.3 is 0 Å². The molecule has 1 amide bonds. The Morgan fingerprint density at radius 1 is 1.37 bits per heavy atom. The molecule has 19 heavy (non-hydrogen) atoms. The molecule has 4 nitrogen and oxygen atoms in total. The van der Waals surface area contributed by atoms with E-state index in [1.54, 1.807) is 12.5 Å². The number of hydrogen-bond acceptors (Lipinski definition) is 3. The molecule has 0 aliphatic heterocycles. The van der Waals surface area contributed by atoms with Crippen LogP contribution < -0.4 is 5.32 Å². The molecule has 0 bridgehead atoms. The molecule has 0 saturated heterocycles. The highest BCUT2D eigenvalue weighted by molar-refractivity contribution is 9.10. The van der Waals surface area contributed by atoms with E-state index in [1.807, 2.05) is 24.3 Å². The second-order valence-electron chi connectivity index (χ2n) is 3.92. The lowest BCUT2D eigenvalue weighted by Gasteiger charge is -2.04. The van der Waals surface area contributed by atoms with Gasteiger partial charge in [0.1, 0.15) is 0 Å². The number of aromatic amines is 1. The van der Waals surface area contributed by atoms with E-state index in [2.05, 4.69) is 31.2 Å². The summed E-state index contributed by atoms with van der Waals surface area (Å²) in [6.45, 7) is 0.627. The van der Waals surface area contributed by atoms with Crippen LogP contribution in [0.2, 0.25) is 0 Å². The number of imidazole rings is 1. The largest absolute Gasteiger partial charge is 0.355 e. The number of H-pyrrole nitrogens is 1. The first-order valence-electron chi connectivity index (χ1n) is 5.86. The Kier molecular flexibility index (Phi) is 5.47. The van der Waals surface area contributed by atoms with Crippen LogP contribution in [0.1, 0.15) is 5.69 Å². The first kappa shape index (κ1) is 14.1. The summed E-state index contributed by atoms with van der Waals surface area (Å²) in [6, 6.07) is 7.93. The molecule has 2 N–H and O–H groups in total. The molecule has 100 valence electrons. The first-order valence-corrected chi connectivity index (χ1v) is 7.64. The number of nitrogens with zero attached hydrogens (tertiary/aromatic N) is 1. The minimum Gasteiger partial charge on any atom is -0.355 e. The maximum Gasteiger partial charge on any atom is 0.230 e. The molecule has 6 heteroatoms. The number of halogens is 1. The van der Waals surface area contributed by atoms with Crippen LogP contribution in [-0.2, 0) is 11.2 Å². The van der Waals surface area contributed by atoms with Crippen LogP contribution in [0.3, 0.4) is 0 Å². The standard InChI is InChI=1S/C13H14BrN3OS/c14-10-1-3-12(4-2-10)19-8-13(18)16-6-5-11-7-15-9-17-11/h1-4,7,9H,5-6,8H2,(H,15,17)(H,16,18). The van der Waals surface area contributed by atoms with E-state index < -0.39 is 0 Å². The molecule has 0 radical (unpaired) electrons. The number of nitrogens with one attached hydrogen (secondary N) is 2. The molecule has 0 aliphatic carbocycles. The lowest BCUT2D eigenvalue weighted by molar-refractivity contribution is -0.118. The van der Waals surface area contributed by atoms with E-state index in [0.717, 1.165) is 21.5 Å². The lowest BCUT2D eigenvalue weighted by Crippen LogP contribution is -2.27. The van der Waals surface area contributed by atoms with Gasteiger partial charge in [-0.2, -0.15) is 0 Å². The number of carbonyl (C=O) groups excluding carboxylic acids is 1. The number of carbonyl (C=O) groups is 1. The monoisotopic (exact) mass is 339 g/mol. The van der Waals surface area contributed by atoms with Crippen molar-refractivity contribution < 1.29 is 4.79 Å². The van der Waals surface area contributed by atoms with Gasteiger partial charge in [-0.3, -0.25) is 4.79 Å². The van der Waals surface area contributed by atoms with Gasteiger partial charge in [0.05, 0.1) is 12.1 Å². The van der Waals surface area contributed by atoms with Crippen LogP contribution in [0.25, 0.3) is 0 Å². The van der Waals surface area contributed by atoms with Crippen molar-refractivity contribution in [3.05, 3.63) is 47.0 Å². The summed E-state index contributed by atoms with van der Waals surface area (Å²) in [5.74, 6) is 0.484. The van der Waals surface area contributed by atoms with Gasteiger partial charge in [0.15, 0.2) is 0 Å². The van der Waals surface area contributed by atoms with Crippen LogP contribution in [0.5, 0.6) is 0 Å². The van der Waals surface area contributed by atoms with Crippen molar-refractivity contribution in [2.24, 2.45) is 0 Å². The number of amides is 1. The van der Waals surface area contributed by atoms with E-state index in [9.17, 15) is 4.79 Å². The average Bonchev–Trinajstić information content (AvgIpc) is 2.91. The van der Waals surface area contributed by atoms with Gasteiger partial charge in [0.25, 0.3) is 0 Å². The molecule has 2 aromatic rings. The molecule has 0 saturated carbocycles. The normalized spacial score (nSPS) is 10.4. The van der Waals surface area contributed by atoms with Crippen molar-refractivity contribution in [3.8, 4) is 0 Å². The number of hydrogen-bond donors (Lipinski definition) is 2. The molecule has 2 rings (SSSR count). The summed E-state index contributed by atoms with van der Waals surface area (Å²) in [4.78, 5) is 19.7. The summed E-state index contributed by atoms with van der Waals surface area (Å²) in [5.41, 5.74) is 1.03. The van der Waals surface area contributed by atoms with Gasteiger partial charge in [-0.25, -0.2) is 4.98 Å². The molecular weight excluding hydrogens is 326 g/mol. The van der Waals surface area contributed by atoms with Crippen molar-refractivity contribution in [1.82, 2.24) is 15.3 Å². The minimum atomic E-state index is 0.0486. The van der Waals surface area contributed by atoms with Gasteiger partial charge in [0.2, 0.25) is 5.91 Å². The molecule has 1 aromatic carbocycles. The van der Waals surface area contributed by atoms with Gasteiger partial charge in [-0.1, -0.05) is 15.9 Å². The third-order valence-electron chi connectivity index (χ3n) is 2.45. The number of benzene rings is 1. The van der Waals surface area contributed by atoms with Crippen molar-refractivity contribution in [1.29, 1.82) is 0 Å². The highest BCUT2D eigenvalue weighted by Crippen LogP contribution is 2.20. The van der Waals surface area contributed by atoms with Crippen LogP contribution >= 0.6 is 27.7 Å². The number of thioether (sulfide) groups is 1. The number of rotatable bonds is 6. The molecule has 0 fully saturated rings. The molecule has 1 heterocycles. The van der Waals surface area contributed by atoms with Gasteiger partial charge in [-0.05, 0) is 24.3 Å². The predicted octanol–water partition coefficient (Wildman–Crippen LogP) is 2.62. The molecule has 0 unspecified atom stereocenters. The van der Waals surface area contributed by atoms with E-state index in [1.165, 1.54) is 11.8 Å². The smallest absolute Gasteiger partial charge is 0.230 e. The fourth-order valence-electron chi connectivity index (χ4n) is 1.49. The average molecular weight is 340 g/mol. The van der Waals surface area contributed by atoms with E-state index in [0.29, 0.717) is 12.3 Å². The summed E-state index contributed by atoms with van der Waals surface area (Å²) >= 11 is 4.91. The molecule has 0 atom stereocenters. The Morgan fingerprint density at radius 3 is 2.84 bits per heavy atom. The van der Waals surface area contributed by atoms with Gasteiger partial charge < -0.3 is 10.3 Å². The van der Waals surface area contributed by atoms with Crippen LogP contribution in [0.4, 0.5) is 0 Å². The van der Waals surface area contributed by atoms with E-state index >= 15 is 0 Å². The van der Waals surface area contributed by atoms with Crippen molar-refractivity contribution in [2.75, 3.05) is 12.3 Å². The Hall–Kier alpha value is -1.27.